The molecule has 25 heavy (non-hydrogen) atoms. The Morgan fingerprint density at radius 2 is 2.00 bits per heavy atom. The Balaban J connectivity index is 1.59. The molecule has 132 valence electrons. The number of hydrogen-bond donors (Lipinski definition) is 3. The van der Waals surface area contributed by atoms with E-state index in [1.165, 1.54) is 6.07 Å². The van der Waals surface area contributed by atoms with Crippen molar-refractivity contribution in [3.8, 4) is 0 Å². The van der Waals surface area contributed by atoms with E-state index in [9.17, 15) is 18.7 Å². The van der Waals surface area contributed by atoms with Crippen LogP contribution in [-0.2, 0) is 6.42 Å². The molecule has 1 aliphatic heterocycles. The smallest absolute Gasteiger partial charge is 0.319 e. The molecule has 2 aromatic rings. The highest BCUT2D eigenvalue weighted by atomic mass is 19.1. The van der Waals surface area contributed by atoms with Gasteiger partial charge in [0.2, 0.25) is 0 Å². The normalized spacial score (nSPS) is 14.2. The lowest BCUT2D eigenvalue weighted by Crippen LogP contribution is -2.33. The maximum absolute atomic E-state index is 13.5. The maximum Gasteiger partial charge on any atom is 0.319 e. The number of carbonyl (C=O) groups is 1. The summed E-state index contributed by atoms with van der Waals surface area (Å²) in [6.45, 7) is 0.861. The van der Waals surface area contributed by atoms with E-state index in [-0.39, 0.29) is 6.54 Å². The Morgan fingerprint density at radius 1 is 1.28 bits per heavy atom. The molecule has 3 rings (SSSR count). The van der Waals surface area contributed by atoms with Gasteiger partial charge < -0.3 is 20.6 Å². The molecule has 2 aromatic carbocycles. The van der Waals surface area contributed by atoms with Crippen molar-refractivity contribution in [3.05, 3.63) is 59.2 Å². The number of nitrogens with one attached hydrogen (secondary N) is 2. The molecule has 0 radical (unpaired) electrons. The highest BCUT2D eigenvalue weighted by molar-refractivity contribution is 5.89. The van der Waals surface area contributed by atoms with Crippen LogP contribution < -0.4 is 15.5 Å². The first-order valence-corrected chi connectivity index (χ1v) is 7.96. The van der Waals surface area contributed by atoms with Crippen LogP contribution in [0.2, 0.25) is 0 Å². The predicted molar refractivity (Wildman–Crippen MR) is 91.8 cm³/mol. The molecule has 1 heterocycles. The van der Waals surface area contributed by atoms with E-state index in [1.807, 2.05) is 19.2 Å². The first-order chi connectivity index (χ1) is 12.0. The van der Waals surface area contributed by atoms with Crippen molar-refractivity contribution in [1.82, 2.24) is 5.32 Å². The van der Waals surface area contributed by atoms with Gasteiger partial charge in [-0.05, 0) is 35.7 Å². The molecule has 0 spiro atoms. The van der Waals surface area contributed by atoms with Gasteiger partial charge in [-0.2, -0.15) is 0 Å². The second-order valence-corrected chi connectivity index (χ2v) is 6.01. The van der Waals surface area contributed by atoms with E-state index in [0.29, 0.717) is 5.56 Å². The van der Waals surface area contributed by atoms with Crippen LogP contribution in [-0.4, -0.2) is 31.3 Å². The van der Waals surface area contributed by atoms with E-state index in [4.69, 9.17) is 0 Å². The minimum Gasteiger partial charge on any atom is -0.387 e. The van der Waals surface area contributed by atoms with Gasteiger partial charge in [-0.25, -0.2) is 13.6 Å². The molecule has 0 aromatic heterocycles. The van der Waals surface area contributed by atoms with Crippen LogP contribution in [0.4, 0.5) is 25.0 Å². The molecule has 1 unspecified atom stereocenters. The van der Waals surface area contributed by atoms with Gasteiger partial charge in [-0.3, -0.25) is 0 Å². The third-order valence-corrected chi connectivity index (χ3v) is 4.27. The van der Waals surface area contributed by atoms with Gasteiger partial charge in [0.1, 0.15) is 17.3 Å². The average Bonchev–Trinajstić information content (AvgIpc) is 2.97. The molecule has 1 atom stereocenters. The highest BCUT2D eigenvalue weighted by Crippen LogP contribution is 2.29. The van der Waals surface area contributed by atoms with E-state index in [0.717, 1.165) is 36.3 Å². The average molecular weight is 347 g/mol. The van der Waals surface area contributed by atoms with E-state index in [2.05, 4.69) is 15.5 Å². The molecule has 0 aliphatic carbocycles. The van der Waals surface area contributed by atoms with Crippen molar-refractivity contribution in [2.75, 3.05) is 30.4 Å². The summed E-state index contributed by atoms with van der Waals surface area (Å²) in [7, 11) is 2.01. The summed E-state index contributed by atoms with van der Waals surface area (Å²) in [5, 5.41) is 14.8. The Hall–Kier alpha value is -2.67. The summed E-state index contributed by atoms with van der Waals surface area (Å²) in [5.74, 6) is -1.73. The molecule has 0 fully saturated rings. The maximum atomic E-state index is 13.5. The fourth-order valence-electron chi connectivity index (χ4n) is 2.88. The molecule has 7 heteroatoms. The third-order valence-electron chi connectivity index (χ3n) is 4.27. The van der Waals surface area contributed by atoms with Crippen molar-refractivity contribution in [3.63, 3.8) is 0 Å². The molecule has 0 saturated heterocycles. The van der Waals surface area contributed by atoms with Gasteiger partial charge in [0.25, 0.3) is 0 Å². The van der Waals surface area contributed by atoms with Crippen molar-refractivity contribution in [2.45, 2.75) is 12.5 Å². The summed E-state index contributed by atoms with van der Waals surface area (Å²) in [5.41, 5.74) is 2.45. The molecule has 0 saturated carbocycles. The van der Waals surface area contributed by atoms with Crippen LogP contribution in [0.5, 0.6) is 0 Å². The van der Waals surface area contributed by atoms with Gasteiger partial charge in [-0.15, -0.1) is 0 Å². The zero-order valence-corrected chi connectivity index (χ0v) is 13.7. The van der Waals surface area contributed by atoms with Gasteiger partial charge >= 0.3 is 6.03 Å². The number of hydrogen-bond acceptors (Lipinski definition) is 3. The van der Waals surface area contributed by atoms with Crippen LogP contribution >= 0.6 is 0 Å². The molecule has 3 N–H and O–H groups in total. The number of para-hydroxylation sites is 1. The second kappa shape index (κ2) is 7.06. The molecule has 2 amide bonds. The number of aliphatic hydroxyl groups is 1. The quantitative estimate of drug-likeness (QED) is 0.797. The number of nitrogens with zero attached hydrogens (tertiary/aromatic N) is 1. The van der Waals surface area contributed by atoms with Crippen molar-refractivity contribution >= 4 is 17.4 Å². The van der Waals surface area contributed by atoms with Gasteiger partial charge in [0.05, 0.1) is 6.10 Å². The summed E-state index contributed by atoms with van der Waals surface area (Å²) in [6.07, 6.45) is -0.000201. The number of benzene rings is 2. The summed E-state index contributed by atoms with van der Waals surface area (Å²) >= 11 is 0. The van der Waals surface area contributed by atoms with Gasteiger partial charge in [-0.1, -0.05) is 18.2 Å². The van der Waals surface area contributed by atoms with E-state index >= 15 is 0 Å². The third kappa shape index (κ3) is 3.71. The number of urea groups is 1. The number of amides is 2. The van der Waals surface area contributed by atoms with Crippen LogP contribution in [0.15, 0.2) is 36.4 Å². The standard InChI is InChI=1S/C18H19F2N3O2/c1-23-8-7-11-9-12(5-6-15(11)23)16(24)10-21-18(25)22-17-13(19)3-2-4-14(17)20/h2-6,9,16,24H,7-8,10H2,1H3,(H2,21,22,25). The van der Waals surface area contributed by atoms with Crippen molar-refractivity contribution in [2.24, 2.45) is 0 Å². The minimum atomic E-state index is -0.910. The zero-order valence-electron chi connectivity index (χ0n) is 13.7. The van der Waals surface area contributed by atoms with Crippen LogP contribution in [0.1, 0.15) is 17.2 Å². The Morgan fingerprint density at radius 3 is 2.72 bits per heavy atom. The SMILES string of the molecule is CN1CCc2cc(C(O)CNC(=O)Nc3c(F)cccc3F)ccc21. The first kappa shape index (κ1) is 17.2. The lowest BCUT2D eigenvalue weighted by molar-refractivity contribution is 0.175. The van der Waals surface area contributed by atoms with E-state index in [1.54, 1.807) is 6.07 Å². The number of aliphatic hydroxyl groups excluding tert-OH is 1. The number of likely N-dealkylation sites (N-methyl/N-ethyl adjacent to an activating group) is 1. The van der Waals surface area contributed by atoms with Crippen molar-refractivity contribution in [1.29, 1.82) is 0 Å². The molecule has 0 bridgehead atoms. The van der Waals surface area contributed by atoms with Crippen LogP contribution in [0, 0.1) is 11.6 Å². The van der Waals surface area contributed by atoms with Crippen LogP contribution in [0.3, 0.4) is 0 Å². The number of anilines is 2. The van der Waals surface area contributed by atoms with Gasteiger partial charge in [0.15, 0.2) is 0 Å². The lowest BCUT2D eigenvalue weighted by Gasteiger charge is -2.16. The number of carbonyl (C=O) groups excluding carboxylic acids is 1. The summed E-state index contributed by atoms with van der Waals surface area (Å²) < 4.78 is 27.0. The van der Waals surface area contributed by atoms with Gasteiger partial charge in [0, 0.05) is 25.8 Å². The highest BCUT2D eigenvalue weighted by Gasteiger charge is 2.18. The Kier molecular flexibility index (Phi) is 4.85. The topological polar surface area (TPSA) is 64.6 Å². The predicted octanol–water partition coefficient (Wildman–Crippen LogP) is 2.81. The van der Waals surface area contributed by atoms with E-state index < -0.39 is 29.5 Å². The zero-order chi connectivity index (χ0) is 18.0. The molecule has 5 nitrogen and oxygen atoms in total. The molecular weight excluding hydrogens is 328 g/mol. The fraction of sp³-hybridized carbons (Fsp3) is 0.278. The molecule has 1 aliphatic rings. The Labute approximate surface area is 144 Å². The monoisotopic (exact) mass is 347 g/mol. The second-order valence-electron chi connectivity index (χ2n) is 6.01. The summed E-state index contributed by atoms with van der Waals surface area (Å²) in [6, 6.07) is 8.19. The first-order valence-electron chi connectivity index (χ1n) is 7.96. The number of halogens is 2. The van der Waals surface area contributed by atoms with Crippen LogP contribution in [0.25, 0.3) is 0 Å². The minimum absolute atomic E-state index is 0.0729. The summed E-state index contributed by atoms with van der Waals surface area (Å²) in [4.78, 5) is 13.9. The number of fused-ring (bicyclic) bond motifs is 1. The Bertz CT molecular complexity index is 778. The van der Waals surface area contributed by atoms with Crippen molar-refractivity contribution < 1.29 is 18.7 Å². The number of rotatable bonds is 4. The largest absolute Gasteiger partial charge is 0.387 e. The fourth-order valence-corrected chi connectivity index (χ4v) is 2.88. The lowest BCUT2D eigenvalue weighted by atomic mass is 10.0. The molecular formula is C18H19F2N3O2.